The average Bonchev–Trinajstić information content (AvgIpc) is 3.60. The number of ether oxygens (including phenoxy) is 1. The summed E-state index contributed by atoms with van der Waals surface area (Å²) in [5, 5.41) is 5.39. The summed E-state index contributed by atoms with van der Waals surface area (Å²) >= 11 is 3.52. The van der Waals surface area contributed by atoms with Gasteiger partial charge in [0.05, 0.1) is 24.7 Å². The minimum atomic E-state index is -4.48. The molecule has 5 aromatic rings. The van der Waals surface area contributed by atoms with Crippen molar-refractivity contribution in [2.75, 3.05) is 7.11 Å². The molecule has 9 nitrogen and oxygen atoms in total. The normalized spacial score (nSPS) is 14.9. The Bertz CT molecular complexity index is 1760. The van der Waals surface area contributed by atoms with E-state index < -0.39 is 11.9 Å². The lowest BCUT2D eigenvalue weighted by molar-refractivity contribution is -0.140. The average molecular weight is 597 g/mol. The summed E-state index contributed by atoms with van der Waals surface area (Å²) in [7, 11) is 1.56. The number of fused-ring (bicyclic) bond motifs is 4. The van der Waals surface area contributed by atoms with Crippen LogP contribution in [0, 0.1) is 0 Å². The fraction of sp³-hybridized carbons (Fsp3) is 0.308. The van der Waals surface area contributed by atoms with Crippen LogP contribution in [-0.2, 0) is 25.7 Å². The zero-order valence-electron chi connectivity index (χ0n) is 20.6. The number of hydrogen-bond donors (Lipinski definition) is 0. The first-order valence-corrected chi connectivity index (χ1v) is 13.1. The highest BCUT2D eigenvalue weighted by molar-refractivity contribution is 9.10. The van der Waals surface area contributed by atoms with Crippen molar-refractivity contribution < 1.29 is 17.9 Å². The smallest absolute Gasteiger partial charge is 0.434 e. The van der Waals surface area contributed by atoms with Crippen LogP contribution in [-0.4, -0.2) is 46.4 Å². The Kier molecular flexibility index (Phi) is 5.48. The van der Waals surface area contributed by atoms with Gasteiger partial charge in [-0.25, -0.2) is 29.6 Å². The molecule has 0 N–H and O–H groups in total. The quantitative estimate of drug-likeness (QED) is 0.267. The lowest BCUT2D eigenvalue weighted by Gasteiger charge is -2.19. The molecule has 0 spiro atoms. The molecule has 4 aromatic heterocycles. The van der Waals surface area contributed by atoms with Gasteiger partial charge in [-0.3, -0.25) is 0 Å². The van der Waals surface area contributed by atoms with E-state index in [-0.39, 0.29) is 0 Å². The van der Waals surface area contributed by atoms with Crippen molar-refractivity contribution in [2.24, 2.45) is 0 Å². The van der Waals surface area contributed by atoms with E-state index >= 15 is 0 Å². The highest BCUT2D eigenvalue weighted by Gasteiger charge is 2.36. The molecule has 0 atom stereocenters. The summed E-state index contributed by atoms with van der Waals surface area (Å²) in [5.41, 5.74) is 3.93. The third kappa shape index (κ3) is 4.15. The van der Waals surface area contributed by atoms with Crippen molar-refractivity contribution in [1.29, 1.82) is 0 Å². The van der Waals surface area contributed by atoms with Gasteiger partial charge in [-0.05, 0) is 46.3 Å². The molecule has 39 heavy (non-hydrogen) atoms. The third-order valence-electron chi connectivity index (χ3n) is 7.10. The van der Waals surface area contributed by atoms with Gasteiger partial charge in [-0.15, -0.1) is 0 Å². The molecular weight excluding hydrogens is 577 g/mol. The van der Waals surface area contributed by atoms with Gasteiger partial charge in [-0.1, -0.05) is 18.2 Å². The first kappa shape index (κ1) is 24.2. The first-order chi connectivity index (χ1) is 18.8. The number of alkyl halides is 3. The van der Waals surface area contributed by atoms with Crippen LogP contribution in [0.4, 0.5) is 13.2 Å². The largest absolute Gasteiger partial charge is 0.480 e. The first-order valence-electron chi connectivity index (χ1n) is 12.3. The lowest BCUT2D eigenvalue weighted by atomic mass is 9.98. The van der Waals surface area contributed by atoms with E-state index in [9.17, 15) is 13.2 Å². The second-order valence-corrected chi connectivity index (χ2v) is 10.4. The molecule has 5 heterocycles. The Hall–Kier alpha value is -3.87. The Morgan fingerprint density at radius 2 is 1.97 bits per heavy atom. The number of aryl methyl sites for hydroxylation is 2. The second-order valence-electron chi connectivity index (χ2n) is 9.68. The Morgan fingerprint density at radius 3 is 2.74 bits per heavy atom. The van der Waals surface area contributed by atoms with Crippen LogP contribution in [0.3, 0.4) is 0 Å². The molecule has 7 rings (SSSR count). The number of imidazole rings is 1. The SMILES string of the molecule is COc1ncnc(C2CC2)c1-c1ncc2c(Br)nn(Cc3ccc4c(c3)CCn3cc(C(F)(F)F)nc3-4)c2n1. The molecule has 198 valence electrons. The van der Waals surface area contributed by atoms with Crippen molar-refractivity contribution in [1.82, 2.24) is 39.3 Å². The van der Waals surface area contributed by atoms with Gasteiger partial charge in [0.1, 0.15) is 22.3 Å². The van der Waals surface area contributed by atoms with Crippen LogP contribution < -0.4 is 4.74 Å². The van der Waals surface area contributed by atoms with Crippen molar-refractivity contribution in [2.45, 2.75) is 44.4 Å². The van der Waals surface area contributed by atoms with Crippen molar-refractivity contribution in [3.63, 3.8) is 0 Å². The summed E-state index contributed by atoms with van der Waals surface area (Å²) in [5.74, 6) is 1.57. The number of methoxy groups -OCH3 is 1. The van der Waals surface area contributed by atoms with Crippen LogP contribution in [0.15, 0.2) is 41.5 Å². The van der Waals surface area contributed by atoms with Gasteiger partial charge in [0, 0.05) is 30.4 Å². The number of halogens is 4. The summed E-state index contributed by atoms with van der Waals surface area (Å²) in [4.78, 5) is 22.1. The lowest BCUT2D eigenvalue weighted by Crippen LogP contribution is -2.11. The van der Waals surface area contributed by atoms with Gasteiger partial charge < -0.3 is 9.30 Å². The zero-order chi connectivity index (χ0) is 26.9. The fourth-order valence-corrected chi connectivity index (χ4v) is 5.56. The Balaban J connectivity index is 1.26. The highest BCUT2D eigenvalue weighted by atomic mass is 79.9. The summed E-state index contributed by atoms with van der Waals surface area (Å²) in [6, 6.07) is 5.72. The van der Waals surface area contributed by atoms with Crippen molar-refractivity contribution in [3.8, 4) is 28.7 Å². The summed E-state index contributed by atoms with van der Waals surface area (Å²) in [6.07, 6.45) is 2.54. The van der Waals surface area contributed by atoms with Crippen molar-refractivity contribution in [3.05, 3.63) is 64.0 Å². The van der Waals surface area contributed by atoms with Crippen LogP contribution in [0.25, 0.3) is 33.8 Å². The number of benzene rings is 1. The predicted molar refractivity (Wildman–Crippen MR) is 138 cm³/mol. The van der Waals surface area contributed by atoms with E-state index in [0.717, 1.165) is 41.2 Å². The molecule has 0 saturated heterocycles. The molecule has 13 heteroatoms. The fourth-order valence-electron chi connectivity index (χ4n) is 5.09. The molecule has 0 amide bonds. The van der Waals surface area contributed by atoms with Crippen LogP contribution in [0.2, 0.25) is 0 Å². The molecule has 2 aliphatic rings. The standard InChI is InChI=1S/C26H20BrF3N8O/c1-39-25-19(20(14-3-4-14)32-12-33-25)22-31-9-17-21(27)36-38(24(17)35-22)10-13-2-5-16-15(8-13)6-7-37-11-18(26(28,29)30)34-23(16)37/h2,5,8-9,11-12,14H,3-4,6-7,10H2,1H3. The summed E-state index contributed by atoms with van der Waals surface area (Å²) in [6.45, 7) is 0.845. The van der Waals surface area contributed by atoms with Gasteiger partial charge in [0.2, 0.25) is 5.88 Å². The van der Waals surface area contributed by atoms with Crippen LogP contribution in [0.5, 0.6) is 5.88 Å². The molecule has 1 fully saturated rings. The Morgan fingerprint density at radius 1 is 1.13 bits per heavy atom. The molecule has 0 bridgehead atoms. The third-order valence-corrected chi connectivity index (χ3v) is 7.68. The van der Waals surface area contributed by atoms with E-state index in [2.05, 4.69) is 41.0 Å². The molecule has 1 aromatic carbocycles. The maximum Gasteiger partial charge on any atom is 0.434 e. The minimum absolute atomic E-state index is 0.338. The van der Waals surface area contributed by atoms with Gasteiger partial charge >= 0.3 is 6.18 Å². The second kappa shape index (κ2) is 8.83. The van der Waals surface area contributed by atoms with E-state index in [1.807, 2.05) is 18.2 Å². The van der Waals surface area contributed by atoms with E-state index in [1.165, 1.54) is 6.33 Å². The van der Waals surface area contributed by atoms with Gasteiger partial charge in [0.25, 0.3) is 0 Å². The van der Waals surface area contributed by atoms with Gasteiger partial charge in [0.15, 0.2) is 17.2 Å². The number of rotatable bonds is 5. The van der Waals surface area contributed by atoms with E-state index in [4.69, 9.17) is 9.72 Å². The monoisotopic (exact) mass is 596 g/mol. The maximum absolute atomic E-state index is 13.2. The number of nitrogens with zero attached hydrogens (tertiary/aromatic N) is 8. The maximum atomic E-state index is 13.2. The molecule has 0 radical (unpaired) electrons. The molecule has 1 aliphatic heterocycles. The molecular formula is C26H20BrF3N8O. The summed E-state index contributed by atoms with van der Waals surface area (Å²) < 4.78 is 49.1. The van der Waals surface area contributed by atoms with Crippen molar-refractivity contribution >= 4 is 27.0 Å². The zero-order valence-corrected chi connectivity index (χ0v) is 22.2. The molecule has 0 unspecified atom stereocenters. The highest BCUT2D eigenvalue weighted by Crippen LogP contribution is 2.45. The molecule has 1 aliphatic carbocycles. The predicted octanol–water partition coefficient (Wildman–Crippen LogP) is 5.42. The van der Waals surface area contributed by atoms with Crippen LogP contribution in [0.1, 0.15) is 41.3 Å². The number of aromatic nitrogens is 8. The van der Waals surface area contributed by atoms with E-state index in [0.29, 0.717) is 64.3 Å². The number of hydrogen-bond acceptors (Lipinski definition) is 7. The van der Waals surface area contributed by atoms with E-state index in [1.54, 1.807) is 22.6 Å². The van der Waals surface area contributed by atoms with Gasteiger partial charge in [-0.2, -0.15) is 18.3 Å². The topological polar surface area (TPSA) is 96.4 Å². The molecule has 1 saturated carbocycles. The van der Waals surface area contributed by atoms with Crippen LogP contribution >= 0.6 is 15.9 Å². The minimum Gasteiger partial charge on any atom is -0.480 e. The Labute approximate surface area is 228 Å².